The molecule has 1 saturated heterocycles. The molecule has 32 heavy (non-hydrogen) atoms. The summed E-state index contributed by atoms with van der Waals surface area (Å²) in [5.41, 5.74) is 1.44. The smallest absolute Gasteiger partial charge is 0.334 e. The van der Waals surface area contributed by atoms with Gasteiger partial charge in [0.25, 0.3) is 5.69 Å². The number of nitro groups is 1. The second-order valence-electron chi connectivity index (χ2n) is 7.60. The first-order chi connectivity index (χ1) is 15.4. The highest BCUT2D eigenvalue weighted by molar-refractivity contribution is 5.94. The van der Waals surface area contributed by atoms with Crippen molar-refractivity contribution >= 4 is 17.6 Å². The minimum Gasteiger partial charge on any atom is -0.494 e. The number of benzene rings is 2. The monoisotopic (exact) mass is 435 g/mol. The van der Waals surface area contributed by atoms with Gasteiger partial charge in [-0.1, -0.05) is 18.2 Å². The van der Waals surface area contributed by atoms with Gasteiger partial charge in [0, 0.05) is 17.7 Å². The lowest BCUT2D eigenvalue weighted by Crippen LogP contribution is -2.46. The number of rotatable bonds is 5. The van der Waals surface area contributed by atoms with Gasteiger partial charge in [-0.05, 0) is 29.8 Å². The zero-order chi connectivity index (χ0) is 22.6. The number of non-ortho nitro benzene ring substituents is 1. The van der Waals surface area contributed by atoms with E-state index in [1.54, 1.807) is 30.3 Å². The molecule has 10 heteroatoms. The van der Waals surface area contributed by atoms with E-state index in [0.29, 0.717) is 16.8 Å². The molecule has 0 unspecified atom stereocenters. The normalized spacial score (nSPS) is 18.6. The third-order valence-electron chi connectivity index (χ3n) is 5.84. The van der Waals surface area contributed by atoms with Crippen molar-refractivity contribution < 1.29 is 29.5 Å². The molecule has 2 aliphatic rings. The van der Waals surface area contributed by atoms with Gasteiger partial charge in [-0.2, -0.15) is 0 Å². The van der Waals surface area contributed by atoms with E-state index in [-0.39, 0.29) is 41.9 Å². The predicted molar refractivity (Wildman–Crippen MR) is 109 cm³/mol. The maximum Gasteiger partial charge on any atom is 0.334 e. The lowest BCUT2D eigenvalue weighted by molar-refractivity contribution is -0.384. The quantitative estimate of drug-likeness (QED) is 0.272. The first-order valence-corrected chi connectivity index (χ1v) is 9.81. The summed E-state index contributed by atoms with van der Waals surface area (Å²) in [6.45, 7) is -0.165. The topological polar surface area (TPSA) is 135 Å². The van der Waals surface area contributed by atoms with Gasteiger partial charge in [0.15, 0.2) is 6.04 Å². The van der Waals surface area contributed by atoms with E-state index in [4.69, 9.17) is 4.74 Å². The maximum absolute atomic E-state index is 13.0. The molecule has 1 fully saturated rings. The van der Waals surface area contributed by atoms with Crippen LogP contribution in [0.5, 0.6) is 11.8 Å². The third-order valence-corrected chi connectivity index (χ3v) is 5.84. The standard InChI is InChI=1S/C22H17N3O7/c26-16-10-15-17-18(21(28)23(20(17)27)13-4-2-1-3-5-13)19(24(15)16)22(29)32-11-12-6-8-14(9-7-12)25(30)31/h1-9,15,19,27-28H,10-11H2/t15-,19+/m0/s1. The number of amides is 1. The zero-order valence-corrected chi connectivity index (χ0v) is 16.5. The summed E-state index contributed by atoms with van der Waals surface area (Å²) < 4.78 is 6.61. The van der Waals surface area contributed by atoms with Crippen LogP contribution < -0.4 is 0 Å². The fraction of sp³-hybridized carbons (Fsp3) is 0.182. The van der Waals surface area contributed by atoms with Crippen molar-refractivity contribution in [1.29, 1.82) is 0 Å². The minimum absolute atomic E-state index is 0.0859. The van der Waals surface area contributed by atoms with E-state index in [9.17, 15) is 29.9 Å². The van der Waals surface area contributed by atoms with Gasteiger partial charge in [0.05, 0.1) is 28.6 Å². The molecular weight excluding hydrogens is 418 g/mol. The summed E-state index contributed by atoms with van der Waals surface area (Å²) in [7, 11) is 0. The van der Waals surface area contributed by atoms with Crippen molar-refractivity contribution in [2.45, 2.75) is 25.1 Å². The number of nitrogens with zero attached hydrogens (tertiary/aromatic N) is 3. The van der Waals surface area contributed by atoms with Crippen LogP contribution in [0.4, 0.5) is 5.69 Å². The van der Waals surface area contributed by atoms with E-state index in [1.165, 1.54) is 33.7 Å². The number of hydrogen-bond donors (Lipinski definition) is 2. The van der Waals surface area contributed by atoms with Crippen molar-refractivity contribution in [2.75, 3.05) is 0 Å². The van der Waals surface area contributed by atoms with Crippen LogP contribution in [-0.4, -0.2) is 36.5 Å². The molecule has 1 aromatic heterocycles. The van der Waals surface area contributed by atoms with Crippen LogP contribution >= 0.6 is 0 Å². The van der Waals surface area contributed by atoms with Gasteiger partial charge in [0.2, 0.25) is 17.7 Å². The van der Waals surface area contributed by atoms with Crippen molar-refractivity contribution in [3.8, 4) is 17.4 Å². The SMILES string of the molecule is O=C(OCc1ccc([N+](=O)[O-])cc1)[C@H]1c2c(c(O)n(-c3ccccc3)c2O)[C@@H]2CC(=O)N21. The van der Waals surface area contributed by atoms with Crippen LogP contribution in [0.1, 0.15) is 35.2 Å². The Labute approximate surface area is 181 Å². The second-order valence-corrected chi connectivity index (χ2v) is 7.60. The van der Waals surface area contributed by atoms with E-state index in [2.05, 4.69) is 0 Å². The number of para-hydroxylation sites is 1. The maximum atomic E-state index is 13.0. The second kappa shape index (κ2) is 7.12. The molecular formula is C22H17N3O7. The molecule has 3 aromatic rings. The summed E-state index contributed by atoms with van der Waals surface area (Å²) in [6, 6.07) is 12.5. The number of esters is 1. The molecule has 2 aliphatic heterocycles. The van der Waals surface area contributed by atoms with Gasteiger partial charge in [-0.25, -0.2) is 4.79 Å². The Kier molecular flexibility index (Phi) is 4.36. The molecule has 10 nitrogen and oxygen atoms in total. The number of aromatic hydroxyl groups is 2. The summed E-state index contributed by atoms with van der Waals surface area (Å²) in [6.07, 6.45) is 0.116. The number of carbonyl (C=O) groups excluding carboxylic acids is 2. The Morgan fingerprint density at radius 2 is 1.72 bits per heavy atom. The molecule has 2 aromatic carbocycles. The van der Waals surface area contributed by atoms with Crippen LogP contribution in [0.25, 0.3) is 5.69 Å². The molecule has 1 amide bonds. The Hall–Kier alpha value is -4.34. The highest BCUT2D eigenvalue weighted by Gasteiger charge is 2.57. The van der Waals surface area contributed by atoms with E-state index in [0.717, 1.165) is 0 Å². The molecule has 0 spiro atoms. The zero-order valence-electron chi connectivity index (χ0n) is 16.5. The molecule has 162 valence electrons. The van der Waals surface area contributed by atoms with Crippen LogP contribution in [0.15, 0.2) is 54.6 Å². The van der Waals surface area contributed by atoms with Gasteiger partial charge in [-0.3, -0.25) is 19.5 Å². The molecule has 0 bridgehead atoms. The average Bonchev–Trinajstić information content (AvgIpc) is 3.21. The van der Waals surface area contributed by atoms with Crippen molar-refractivity contribution in [3.63, 3.8) is 0 Å². The molecule has 3 heterocycles. The first-order valence-electron chi connectivity index (χ1n) is 9.81. The first kappa shape index (κ1) is 19.6. The van der Waals surface area contributed by atoms with Gasteiger partial charge in [-0.15, -0.1) is 0 Å². The number of carbonyl (C=O) groups is 2. The van der Waals surface area contributed by atoms with Crippen LogP contribution in [0.3, 0.4) is 0 Å². The lowest BCUT2D eigenvalue weighted by atomic mass is 9.99. The lowest BCUT2D eigenvalue weighted by Gasteiger charge is -2.38. The van der Waals surface area contributed by atoms with Crippen LogP contribution in [0.2, 0.25) is 0 Å². The Bertz CT molecular complexity index is 1250. The number of β-lactam (4-membered cyclic amide) rings is 1. The summed E-state index contributed by atoms with van der Waals surface area (Å²) >= 11 is 0. The number of fused-ring (bicyclic) bond motifs is 3. The molecule has 0 radical (unpaired) electrons. The Morgan fingerprint density at radius 1 is 1.06 bits per heavy atom. The highest BCUT2D eigenvalue weighted by Crippen LogP contribution is 2.58. The Balaban J connectivity index is 1.45. The molecule has 0 aliphatic carbocycles. The van der Waals surface area contributed by atoms with Gasteiger partial charge in [0.1, 0.15) is 6.61 Å². The van der Waals surface area contributed by atoms with Crippen molar-refractivity contribution in [2.24, 2.45) is 0 Å². The van der Waals surface area contributed by atoms with Crippen LogP contribution in [-0.2, 0) is 20.9 Å². The van der Waals surface area contributed by atoms with Crippen molar-refractivity contribution in [1.82, 2.24) is 9.47 Å². The summed E-state index contributed by atoms with van der Waals surface area (Å²) in [5, 5.41) is 32.5. The Morgan fingerprint density at radius 3 is 2.34 bits per heavy atom. The summed E-state index contributed by atoms with van der Waals surface area (Å²) in [4.78, 5) is 36.8. The van der Waals surface area contributed by atoms with Gasteiger partial charge < -0.3 is 19.8 Å². The third kappa shape index (κ3) is 2.80. The number of hydrogen-bond acceptors (Lipinski definition) is 7. The number of ether oxygens (including phenoxy) is 1. The number of aromatic nitrogens is 1. The van der Waals surface area contributed by atoms with E-state index >= 15 is 0 Å². The molecule has 5 rings (SSSR count). The molecule has 2 atom stereocenters. The average molecular weight is 435 g/mol. The molecule has 2 N–H and O–H groups in total. The largest absolute Gasteiger partial charge is 0.494 e. The van der Waals surface area contributed by atoms with Gasteiger partial charge >= 0.3 is 5.97 Å². The van der Waals surface area contributed by atoms with Crippen molar-refractivity contribution in [3.05, 3.63) is 81.4 Å². The molecule has 0 saturated carbocycles. The minimum atomic E-state index is -1.19. The fourth-order valence-electron chi connectivity index (χ4n) is 4.32. The van der Waals surface area contributed by atoms with Crippen LogP contribution in [0, 0.1) is 10.1 Å². The van der Waals surface area contributed by atoms with E-state index < -0.39 is 23.0 Å². The van der Waals surface area contributed by atoms with E-state index in [1.807, 2.05) is 0 Å². The summed E-state index contributed by atoms with van der Waals surface area (Å²) in [5.74, 6) is -1.60. The number of nitro benzene ring substituents is 1. The predicted octanol–water partition coefficient (Wildman–Crippen LogP) is 2.87. The fourth-order valence-corrected chi connectivity index (χ4v) is 4.32. The highest BCUT2D eigenvalue weighted by atomic mass is 16.6.